The largest absolute Gasteiger partial charge is 0.504 e. The minimum absolute atomic E-state index is 0.0578. The molecule has 0 saturated carbocycles. The Labute approximate surface area is 140 Å². The van der Waals surface area contributed by atoms with Crippen molar-refractivity contribution in [2.75, 3.05) is 13.7 Å². The molecule has 0 fully saturated rings. The molecule has 2 rings (SSSR count). The Morgan fingerprint density at radius 1 is 1.25 bits per heavy atom. The highest BCUT2D eigenvalue weighted by molar-refractivity contribution is 5.97. The van der Waals surface area contributed by atoms with E-state index < -0.39 is 0 Å². The first-order valence-electron chi connectivity index (χ1n) is 7.49. The molecule has 0 heterocycles. The van der Waals surface area contributed by atoms with E-state index in [0.29, 0.717) is 29.2 Å². The third-order valence-corrected chi connectivity index (χ3v) is 3.27. The summed E-state index contributed by atoms with van der Waals surface area (Å²) in [7, 11) is 1.51. The molecule has 0 atom stereocenters. The Kier molecular flexibility index (Phi) is 5.78. The molecule has 2 N–H and O–H groups in total. The molecule has 0 aliphatic rings. The summed E-state index contributed by atoms with van der Waals surface area (Å²) in [6, 6.07) is 10.1. The Morgan fingerprint density at radius 2 is 2.04 bits per heavy atom. The molecule has 0 unspecified atom stereocenters. The first-order valence-corrected chi connectivity index (χ1v) is 7.49. The maximum atomic E-state index is 12.2. The Hall–Kier alpha value is -3.02. The van der Waals surface area contributed by atoms with E-state index in [0.717, 1.165) is 5.56 Å². The van der Waals surface area contributed by atoms with Crippen molar-refractivity contribution in [3.63, 3.8) is 0 Å². The van der Waals surface area contributed by atoms with Crippen LogP contribution >= 0.6 is 0 Å². The van der Waals surface area contributed by atoms with Crippen molar-refractivity contribution in [1.82, 2.24) is 5.43 Å². The van der Waals surface area contributed by atoms with Crippen LogP contribution in [-0.2, 0) is 0 Å². The molecule has 1 amide bonds. The molecule has 0 aliphatic carbocycles. The minimum atomic E-state index is -0.369. The third kappa shape index (κ3) is 4.25. The van der Waals surface area contributed by atoms with Gasteiger partial charge in [0.25, 0.3) is 5.91 Å². The summed E-state index contributed by atoms with van der Waals surface area (Å²) in [6.45, 7) is 4.19. The zero-order valence-electron chi connectivity index (χ0n) is 13.9. The maximum Gasteiger partial charge on any atom is 0.275 e. The van der Waals surface area contributed by atoms with Crippen LogP contribution in [0.2, 0.25) is 0 Å². The molecule has 0 saturated heterocycles. The van der Waals surface area contributed by atoms with Crippen molar-refractivity contribution in [2.45, 2.75) is 13.8 Å². The second-order valence-electron chi connectivity index (χ2n) is 5.06. The van der Waals surface area contributed by atoms with Crippen LogP contribution < -0.4 is 14.9 Å². The average Bonchev–Trinajstić information content (AvgIpc) is 2.57. The fourth-order valence-electron chi connectivity index (χ4n) is 2.09. The summed E-state index contributed by atoms with van der Waals surface area (Å²) in [5.74, 6) is 0.549. The van der Waals surface area contributed by atoms with Gasteiger partial charge in [0, 0.05) is 0 Å². The number of carbonyl (C=O) groups is 1. The lowest BCUT2D eigenvalue weighted by Crippen LogP contribution is -2.18. The zero-order valence-corrected chi connectivity index (χ0v) is 13.9. The number of hydrogen-bond donors (Lipinski definition) is 2. The van der Waals surface area contributed by atoms with Crippen LogP contribution in [0.15, 0.2) is 41.5 Å². The fourth-order valence-corrected chi connectivity index (χ4v) is 2.09. The van der Waals surface area contributed by atoms with Crippen LogP contribution in [-0.4, -0.2) is 30.9 Å². The van der Waals surface area contributed by atoms with Gasteiger partial charge in [-0.2, -0.15) is 5.10 Å². The summed E-state index contributed by atoms with van der Waals surface area (Å²) in [6.07, 6.45) is 1.47. The number of phenols is 1. The van der Waals surface area contributed by atoms with Crippen molar-refractivity contribution < 1.29 is 19.4 Å². The molecular formula is C18H20N2O4. The van der Waals surface area contributed by atoms with Crippen molar-refractivity contribution >= 4 is 12.1 Å². The van der Waals surface area contributed by atoms with Gasteiger partial charge in [0.2, 0.25) is 0 Å². The van der Waals surface area contributed by atoms with Gasteiger partial charge < -0.3 is 14.6 Å². The van der Waals surface area contributed by atoms with Crippen LogP contribution in [0.3, 0.4) is 0 Å². The summed E-state index contributed by atoms with van der Waals surface area (Å²) in [5, 5.41) is 13.6. The predicted molar refractivity (Wildman–Crippen MR) is 92.1 cm³/mol. The Morgan fingerprint density at radius 3 is 2.75 bits per heavy atom. The smallest absolute Gasteiger partial charge is 0.275 e. The first kappa shape index (κ1) is 17.3. The Balaban J connectivity index is 2.09. The highest BCUT2D eigenvalue weighted by atomic mass is 16.5. The number of nitrogens with zero attached hydrogens (tertiary/aromatic N) is 1. The monoisotopic (exact) mass is 328 g/mol. The van der Waals surface area contributed by atoms with E-state index >= 15 is 0 Å². The number of aromatic hydroxyl groups is 1. The number of hydrazone groups is 1. The van der Waals surface area contributed by atoms with Crippen molar-refractivity contribution in [3.05, 3.63) is 53.1 Å². The molecule has 2 aromatic rings. The van der Waals surface area contributed by atoms with Crippen molar-refractivity contribution in [3.8, 4) is 17.2 Å². The topological polar surface area (TPSA) is 80.2 Å². The second kappa shape index (κ2) is 8.01. The molecule has 0 aliphatic heterocycles. The van der Waals surface area contributed by atoms with E-state index in [9.17, 15) is 9.90 Å². The van der Waals surface area contributed by atoms with Gasteiger partial charge in [-0.15, -0.1) is 0 Å². The number of amides is 1. The molecule has 6 heteroatoms. The van der Waals surface area contributed by atoms with Gasteiger partial charge in [-0.3, -0.25) is 4.79 Å². The standard InChI is InChI=1S/C18H20N2O4/c1-4-24-17-10-13(6-8-15(17)21)11-19-20-18(22)14-7-5-12(2)9-16(14)23-3/h5-11,21H,4H2,1-3H3,(H,20,22)/b19-11-. The van der Waals surface area contributed by atoms with Crippen LogP contribution in [0.4, 0.5) is 0 Å². The van der Waals surface area contributed by atoms with E-state index in [1.54, 1.807) is 24.3 Å². The predicted octanol–water partition coefficient (Wildman–Crippen LogP) is 2.87. The van der Waals surface area contributed by atoms with Crippen LogP contribution in [0.1, 0.15) is 28.4 Å². The van der Waals surface area contributed by atoms with E-state index in [1.165, 1.54) is 19.4 Å². The lowest BCUT2D eigenvalue weighted by Gasteiger charge is -2.08. The molecule has 24 heavy (non-hydrogen) atoms. The van der Waals surface area contributed by atoms with Gasteiger partial charge in [0.1, 0.15) is 5.75 Å². The number of hydrogen-bond acceptors (Lipinski definition) is 5. The molecule has 0 bridgehead atoms. The van der Waals surface area contributed by atoms with Gasteiger partial charge in [-0.25, -0.2) is 5.43 Å². The molecule has 0 radical (unpaired) electrons. The SMILES string of the molecule is CCOc1cc(/C=N\NC(=O)c2ccc(C)cc2OC)ccc1O. The van der Waals surface area contributed by atoms with Gasteiger partial charge in [-0.05, 0) is 55.3 Å². The quantitative estimate of drug-likeness (QED) is 0.631. The van der Waals surface area contributed by atoms with E-state index in [1.807, 2.05) is 19.9 Å². The normalized spacial score (nSPS) is 10.6. The fraction of sp³-hybridized carbons (Fsp3) is 0.222. The molecule has 0 aromatic heterocycles. The number of ether oxygens (including phenoxy) is 2. The van der Waals surface area contributed by atoms with Crippen LogP contribution in [0, 0.1) is 6.92 Å². The number of rotatable bonds is 6. The molecule has 126 valence electrons. The molecular weight excluding hydrogens is 308 g/mol. The van der Waals surface area contributed by atoms with Crippen LogP contribution in [0.5, 0.6) is 17.2 Å². The zero-order chi connectivity index (χ0) is 17.5. The number of phenolic OH excluding ortho intramolecular Hbond substituents is 1. The van der Waals surface area contributed by atoms with E-state index in [-0.39, 0.29) is 11.7 Å². The highest BCUT2D eigenvalue weighted by Gasteiger charge is 2.11. The Bertz CT molecular complexity index is 757. The van der Waals surface area contributed by atoms with Crippen molar-refractivity contribution in [1.29, 1.82) is 0 Å². The summed E-state index contributed by atoms with van der Waals surface area (Å²) >= 11 is 0. The number of nitrogens with one attached hydrogen (secondary N) is 1. The van der Waals surface area contributed by atoms with E-state index in [2.05, 4.69) is 10.5 Å². The number of carbonyl (C=O) groups excluding carboxylic acids is 1. The third-order valence-electron chi connectivity index (χ3n) is 3.27. The van der Waals surface area contributed by atoms with Gasteiger partial charge in [0.05, 0.1) is 25.5 Å². The average molecular weight is 328 g/mol. The summed E-state index contributed by atoms with van der Waals surface area (Å²) < 4.78 is 10.5. The molecule has 0 spiro atoms. The minimum Gasteiger partial charge on any atom is -0.504 e. The van der Waals surface area contributed by atoms with Gasteiger partial charge in [0.15, 0.2) is 11.5 Å². The first-order chi connectivity index (χ1) is 11.5. The van der Waals surface area contributed by atoms with Crippen molar-refractivity contribution in [2.24, 2.45) is 5.10 Å². The van der Waals surface area contributed by atoms with E-state index in [4.69, 9.17) is 9.47 Å². The summed E-state index contributed by atoms with van der Waals surface area (Å²) in [4.78, 5) is 12.2. The second-order valence-corrected chi connectivity index (χ2v) is 5.06. The number of benzene rings is 2. The lowest BCUT2D eigenvalue weighted by atomic mass is 10.1. The van der Waals surface area contributed by atoms with Gasteiger partial charge >= 0.3 is 0 Å². The molecule has 2 aromatic carbocycles. The lowest BCUT2D eigenvalue weighted by molar-refractivity contribution is 0.0952. The number of aryl methyl sites for hydroxylation is 1. The highest BCUT2D eigenvalue weighted by Crippen LogP contribution is 2.26. The number of methoxy groups -OCH3 is 1. The van der Waals surface area contributed by atoms with Gasteiger partial charge in [-0.1, -0.05) is 6.07 Å². The molecule has 6 nitrogen and oxygen atoms in total. The maximum absolute atomic E-state index is 12.2. The van der Waals surface area contributed by atoms with Crippen LogP contribution in [0.25, 0.3) is 0 Å². The summed E-state index contributed by atoms with van der Waals surface area (Å²) in [5.41, 5.74) is 4.55.